The Balaban J connectivity index is 1.59. The fourth-order valence-corrected chi connectivity index (χ4v) is 6.73. The second-order valence-corrected chi connectivity index (χ2v) is 13.0. The van der Waals surface area contributed by atoms with E-state index in [-0.39, 0.29) is 42.1 Å². The minimum absolute atomic E-state index is 0.0437. The Morgan fingerprint density at radius 2 is 1.45 bits per heavy atom. The summed E-state index contributed by atoms with van der Waals surface area (Å²) in [5.74, 6) is -3.02. The van der Waals surface area contributed by atoms with Crippen molar-refractivity contribution in [2.24, 2.45) is 0 Å². The van der Waals surface area contributed by atoms with E-state index in [0.717, 1.165) is 0 Å². The van der Waals surface area contributed by atoms with Gasteiger partial charge in [-0.05, 0) is 86.5 Å². The van der Waals surface area contributed by atoms with Crippen LogP contribution >= 0.6 is 0 Å². The van der Waals surface area contributed by atoms with Gasteiger partial charge >= 0.3 is 0 Å². The van der Waals surface area contributed by atoms with Gasteiger partial charge in [0.2, 0.25) is 15.9 Å². The molecule has 4 rings (SSSR count). The summed E-state index contributed by atoms with van der Waals surface area (Å²) in [5.41, 5.74) is 1.20. The fraction of sp³-hybridized carbons (Fsp3) is 0.286. The van der Waals surface area contributed by atoms with Crippen LogP contribution in [0.15, 0.2) is 102 Å². The number of nitrogens with one attached hydrogen (secondary N) is 4. The van der Waals surface area contributed by atoms with Gasteiger partial charge in [0.1, 0.15) is 17.5 Å². The van der Waals surface area contributed by atoms with Crippen molar-refractivity contribution in [1.82, 2.24) is 15.4 Å². The number of halogens is 3. The summed E-state index contributed by atoms with van der Waals surface area (Å²) in [6.07, 6.45) is -0.478. The van der Waals surface area contributed by atoms with Crippen molar-refractivity contribution in [3.05, 3.63) is 131 Å². The average Bonchev–Trinajstić information content (AvgIpc) is 3.03. The maximum absolute atomic E-state index is 15.3. The highest BCUT2D eigenvalue weighted by Gasteiger charge is 2.31. The fourth-order valence-electron chi connectivity index (χ4n) is 5.44. The lowest BCUT2D eigenvalue weighted by Gasteiger charge is -2.28. The van der Waals surface area contributed by atoms with Crippen LogP contribution < -0.4 is 20.7 Å². The Bertz CT molecular complexity index is 1700. The summed E-state index contributed by atoms with van der Waals surface area (Å²) >= 11 is 0. The Hall–Kier alpha value is -4.07. The zero-order chi connectivity index (χ0) is 34.0. The predicted molar refractivity (Wildman–Crippen MR) is 176 cm³/mol. The van der Waals surface area contributed by atoms with Crippen LogP contribution in [-0.2, 0) is 21.2 Å². The number of hydrogen-bond donors (Lipinski definition) is 5. The second-order valence-electron chi connectivity index (χ2n) is 11.3. The first-order valence-electron chi connectivity index (χ1n) is 15.2. The highest BCUT2D eigenvalue weighted by molar-refractivity contribution is 7.89. The molecule has 4 aromatic carbocycles. The molecule has 8 nitrogen and oxygen atoms in total. The summed E-state index contributed by atoms with van der Waals surface area (Å²) < 4.78 is 72.8. The van der Waals surface area contributed by atoms with Crippen molar-refractivity contribution < 1.29 is 31.5 Å². The van der Waals surface area contributed by atoms with E-state index in [1.807, 2.05) is 0 Å². The third-order valence-corrected chi connectivity index (χ3v) is 9.20. The van der Waals surface area contributed by atoms with E-state index in [9.17, 15) is 27.1 Å². The predicted octanol–water partition coefficient (Wildman–Crippen LogP) is 4.71. The quantitative estimate of drug-likeness (QED) is 0.118. The molecule has 1 unspecified atom stereocenters. The van der Waals surface area contributed by atoms with Gasteiger partial charge in [0, 0.05) is 36.3 Å². The van der Waals surface area contributed by atoms with Crippen molar-refractivity contribution in [3.63, 3.8) is 0 Å². The van der Waals surface area contributed by atoms with E-state index in [0.29, 0.717) is 11.1 Å². The maximum Gasteiger partial charge on any atom is 0.242 e. The lowest BCUT2D eigenvalue weighted by molar-refractivity contribution is -0.118. The monoisotopic (exact) mass is 668 g/mol. The molecule has 0 spiro atoms. The Morgan fingerprint density at radius 3 is 2.02 bits per heavy atom. The molecule has 4 aromatic rings. The number of hydrogen-bond acceptors (Lipinski definition) is 6. The average molecular weight is 669 g/mol. The number of likely N-dealkylation sites (N-methyl/N-ethyl adjacent to an activating group) is 1. The molecular formula is C35H39F3N4O4S. The highest BCUT2D eigenvalue weighted by Crippen LogP contribution is 2.31. The van der Waals surface area contributed by atoms with E-state index in [1.165, 1.54) is 66.7 Å². The third kappa shape index (κ3) is 9.96. The van der Waals surface area contributed by atoms with Crippen LogP contribution in [0.4, 0.5) is 18.9 Å². The number of benzene rings is 4. The van der Waals surface area contributed by atoms with Crippen LogP contribution in [0.5, 0.6) is 0 Å². The smallest absolute Gasteiger partial charge is 0.242 e. The van der Waals surface area contributed by atoms with Gasteiger partial charge in [-0.15, -0.1) is 0 Å². The number of sulfonamides is 1. The molecule has 0 heterocycles. The van der Waals surface area contributed by atoms with Crippen LogP contribution in [0.25, 0.3) is 0 Å². The molecule has 0 saturated carbocycles. The molecule has 1 amide bonds. The van der Waals surface area contributed by atoms with E-state index in [2.05, 4.69) is 20.7 Å². The molecule has 0 radical (unpaired) electrons. The topological polar surface area (TPSA) is 120 Å². The molecule has 0 aliphatic rings. The molecule has 0 saturated heterocycles. The number of amides is 1. The summed E-state index contributed by atoms with van der Waals surface area (Å²) in [7, 11) is -2.37. The highest BCUT2D eigenvalue weighted by atomic mass is 32.2. The van der Waals surface area contributed by atoms with Gasteiger partial charge < -0.3 is 21.1 Å². The van der Waals surface area contributed by atoms with Gasteiger partial charge in [-0.2, -0.15) is 0 Å². The van der Waals surface area contributed by atoms with Crippen LogP contribution in [0.1, 0.15) is 36.0 Å². The Kier molecular flexibility index (Phi) is 12.7. The summed E-state index contributed by atoms with van der Waals surface area (Å²) in [6.45, 7) is 1.96. The molecule has 47 heavy (non-hydrogen) atoms. The third-order valence-electron chi connectivity index (χ3n) is 7.67. The number of carbonyl (C=O) groups is 1. The molecule has 5 N–H and O–H groups in total. The number of aliphatic hydroxyl groups excluding tert-OH is 1. The molecule has 0 aliphatic heterocycles. The second kappa shape index (κ2) is 16.7. The first kappa shape index (κ1) is 35.8. The lowest BCUT2D eigenvalue weighted by Crippen LogP contribution is -2.44. The van der Waals surface area contributed by atoms with E-state index < -0.39 is 57.5 Å². The van der Waals surface area contributed by atoms with Gasteiger partial charge in [0.05, 0.1) is 17.0 Å². The zero-order valence-corrected chi connectivity index (χ0v) is 26.9. The van der Waals surface area contributed by atoms with Crippen LogP contribution in [0.3, 0.4) is 0 Å². The summed E-state index contributed by atoms with van der Waals surface area (Å²) in [6, 6.07) is 21.8. The number of anilines is 1. The van der Waals surface area contributed by atoms with Gasteiger partial charge in [0.25, 0.3) is 0 Å². The zero-order valence-electron chi connectivity index (χ0n) is 26.1. The normalized spacial score (nSPS) is 13.7. The van der Waals surface area contributed by atoms with Crippen LogP contribution in [0.2, 0.25) is 0 Å². The van der Waals surface area contributed by atoms with Crippen LogP contribution in [-0.4, -0.2) is 57.8 Å². The van der Waals surface area contributed by atoms with Gasteiger partial charge in [-0.1, -0.05) is 48.5 Å². The summed E-state index contributed by atoms with van der Waals surface area (Å²) in [5, 5.41) is 18.5. The molecule has 0 bridgehead atoms. The van der Waals surface area contributed by atoms with Gasteiger partial charge in [0.15, 0.2) is 0 Å². The van der Waals surface area contributed by atoms with Crippen molar-refractivity contribution in [3.8, 4) is 0 Å². The Labute approximate surface area is 273 Å². The first-order chi connectivity index (χ1) is 22.5. The van der Waals surface area contributed by atoms with Gasteiger partial charge in [-0.25, -0.2) is 26.3 Å². The molecule has 0 aliphatic carbocycles. The van der Waals surface area contributed by atoms with Crippen LogP contribution in [0, 0.1) is 17.5 Å². The van der Waals surface area contributed by atoms with Crippen molar-refractivity contribution in [2.45, 2.75) is 48.8 Å². The van der Waals surface area contributed by atoms with Crippen molar-refractivity contribution in [2.75, 3.05) is 25.5 Å². The summed E-state index contributed by atoms with van der Waals surface area (Å²) in [4.78, 5) is 13.9. The lowest BCUT2D eigenvalue weighted by atomic mass is 9.84. The SMILES string of the molecule is CNC(C(=O)Nc1cccc(F)c1CC[C@@H](CNC[C@@H](C)O)NS(=O)(=O)c1ccccc1)C(c1cccc(F)c1)c1cccc(F)c1. The molecule has 0 aromatic heterocycles. The standard InChI is InChI=1S/C35H39F3N4O4S/c1-23(43)21-40-22-28(42-47(45,46)29-13-4-3-5-14-29)17-18-30-31(38)15-8-16-32(30)41-35(44)34(39-2)33(24-9-6-11-26(36)19-24)25-10-7-12-27(37)20-25/h3-16,19-20,23,28,33-34,39-40,42-43H,17-18,21-22H2,1-2H3,(H,41,44)/t23-,28+,34?/m1/s1. The first-order valence-corrected chi connectivity index (χ1v) is 16.7. The van der Waals surface area contributed by atoms with Crippen molar-refractivity contribution in [1.29, 1.82) is 0 Å². The number of aliphatic hydroxyl groups is 1. The number of rotatable bonds is 16. The van der Waals surface area contributed by atoms with E-state index in [4.69, 9.17) is 0 Å². The molecule has 250 valence electrons. The number of carbonyl (C=O) groups excluding carboxylic acids is 1. The largest absolute Gasteiger partial charge is 0.392 e. The van der Waals surface area contributed by atoms with Gasteiger partial charge in [-0.3, -0.25) is 4.79 Å². The maximum atomic E-state index is 15.3. The molecule has 12 heteroatoms. The van der Waals surface area contributed by atoms with Crippen molar-refractivity contribution >= 4 is 21.6 Å². The molecular weight excluding hydrogens is 629 g/mol. The molecule has 3 atom stereocenters. The minimum atomic E-state index is -3.91. The van der Waals surface area contributed by atoms with E-state index >= 15 is 4.39 Å². The van der Waals surface area contributed by atoms with E-state index in [1.54, 1.807) is 44.3 Å². The minimum Gasteiger partial charge on any atom is -0.392 e. The Morgan fingerprint density at radius 1 is 0.830 bits per heavy atom. The molecule has 0 fully saturated rings.